The SMILES string of the molecule is COc1cc([N+](=O)[O-])cc(I)c1C(=O)CCl. The molecule has 0 amide bonds. The van der Waals surface area contributed by atoms with E-state index in [1.165, 1.54) is 19.2 Å². The van der Waals surface area contributed by atoms with Crippen LogP contribution in [-0.2, 0) is 0 Å². The number of carbonyl (C=O) groups excluding carboxylic acids is 1. The Morgan fingerprint density at radius 3 is 2.69 bits per heavy atom. The molecule has 86 valence electrons. The third kappa shape index (κ3) is 2.62. The van der Waals surface area contributed by atoms with Crippen LogP contribution in [-0.4, -0.2) is 23.7 Å². The number of carbonyl (C=O) groups is 1. The van der Waals surface area contributed by atoms with E-state index in [1.54, 1.807) is 0 Å². The number of alkyl halides is 1. The van der Waals surface area contributed by atoms with Crippen LogP contribution in [0.25, 0.3) is 0 Å². The fraction of sp³-hybridized carbons (Fsp3) is 0.222. The van der Waals surface area contributed by atoms with Gasteiger partial charge in [0, 0.05) is 9.64 Å². The van der Waals surface area contributed by atoms with Crippen LogP contribution in [0.5, 0.6) is 5.75 Å². The number of nitrogens with zero attached hydrogens (tertiary/aromatic N) is 1. The molecule has 0 aliphatic rings. The molecule has 0 saturated heterocycles. The molecule has 0 aliphatic carbocycles. The van der Waals surface area contributed by atoms with Crippen LogP contribution in [0.3, 0.4) is 0 Å². The van der Waals surface area contributed by atoms with E-state index in [0.29, 0.717) is 3.57 Å². The lowest BCUT2D eigenvalue weighted by Crippen LogP contribution is -2.07. The predicted octanol–water partition coefficient (Wildman–Crippen LogP) is 2.63. The third-order valence-electron chi connectivity index (χ3n) is 1.87. The zero-order valence-corrected chi connectivity index (χ0v) is 11.1. The molecular weight excluding hydrogens is 348 g/mol. The highest BCUT2D eigenvalue weighted by Crippen LogP contribution is 2.30. The number of methoxy groups -OCH3 is 1. The van der Waals surface area contributed by atoms with Gasteiger partial charge in [-0.2, -0.15) is 0 Å². The van der Waals surface area contributed by atoms with Crippen molar-refractivity contribution in [1.29, 1.82) is 0 Å². The summed E-state index contributed by atoms with van der Waals surface area (Å²) in [4.78, 5) is 21.6. The molecule has 0 saturated carbocycles. The average molecular weight is 356 g/mol. The Balaban J connectivity index is 3.40. The topological polar surface area (TPSA) is 69.4 Å². The molecule has 0 aliphatic heterocycles. The second-order valence-electron chi connectivity index (χ2n) is 2.82. The van der Waals surface area contributed by atoms with Gasteiger partial charge in [0.05, 0.1) is 29.5 Å². The van der Waals surface area contributed by atoms with Gasteiger partial charge in [-0.25, -0.2) is 0 Å². The molecule has 1 aromatic carbocycles. The molecule has 0 unspecified atom stereocenters. The van der Waals surface area contributed by atoms with Gasteiger partial charge in [0.25, 0.3) is 5.69 Å². The van der Waals surface area contributed by atoms with Crippen molar-refractivity contribution in [2.45, 2.75) is 0 Å². The molecule has 1 aromatic rings. The van der Waals surface area contributed by atoms with E-state index in [9.17, 15) is 14.9 Å². The van der Waals surface area contributed by atoms with Crippen LogP contribution in [0.15, 0.2) is 12.1 Å². The Bertz CT molecular complexity index is 449. The van der Waals surface area contributed by atoms with E-state index in [2.05, 4.69) is 0 Å². The van der Waals surface area contributed by atoms with E-state index < -0.39 is 4.92 Å². The molecule has 0 heterocycles. The highest BCUT2D eigenvalue weighted by molar-refractivity contribution is 14.1. The Morgan fingerprint density at radius 1 is 1.62 bits per heavy atom. The molecule has 5 nitrogen and oxygen atoms in total. The zero-order valence-electron chi connectivity index (χ0n) is 8.20. The lowest BCUT2D eigenvalue weighted by atomic mass is 10.1. The summed E-state index contributed by atoms with van der Waals surface area (Å²) in [7, 11) is 1.35. The van der Waals surface area contributed by atoms with Crippen LogP contribution in [0.4, 0.5) is 5.69 Å². The summed E-state index contributed by atoms with van der Waals surface area (Å²) >= 11 is 7.29. The van der Waals surface area contributed by atoms with Crippen LogP contribution >= 0.6 is 34.2 Å². The zero-order chi connectivity index (χ0) is 12.3. The van der Waals surface area contributed by atoms with Crippen molar-refractivity contribution in [1.82, 2.24) is 0 Å². The average Bonchev–Trinajstić information content (AvgIpc) is 2.26. The minimum Gasteiger partial charge on any atom is -0.496 e. The molecule has 0 spiro atoms. The Hall–Kier alpha value is -0.890. The normalized spacial score (nSPS) is 9.94. The first-order valence-electron chi connectivity index (χ1n) is 4.12. The number of rotatable bonds is 4. The number of Topliss-reactive ketones (excluding diaryl/α,β-unsaturated/α-hetero) is 1. The van der Waals surface area contributed by atoms with Gasteiger partial charge < -0.3 is 4.74 Å². The number of nitro groups is 1. The second-order valence-corrected chi connectivity index (χ2v) is 4.25. The van der Waals surface area contributed by atoms with E-state index >= 15 is 0 Å². The molecule has 7 heteroatoms. The highest BCUT2D eigenvalue weighted by atomic mass is 127. The molecule has 0 bridgehead atoms. The smallest absolute Gasteiger partial charge is 0.274 e. The summed E-state index contributed by atoms with van der Waals surface area (Å²) in [5, 5.41) is 10.6. The minimum atomic E-state index is -0.542. The number of hydrogen-bond acceptors (Lipinski definition) is 4. The van der Waals surface area contributed by atoms with Crippen LogP contribution in [0, 0.1) is 13.7 Å². The Morgan fingerprint density at radius 2 is 2.25 bits per heavy atom. The van der Waals surface area contributed by atoms with Crippen molar-refractivity contribution < 1.29 is 14.5 Å². The molecule has 1 rings (SSSR count). The Kier molecular flexibility index (Phi) is 4.48. The maximum atomic E-state index is 11.5. The molecule has 0 radical (unpaired) electrons. The quantitative estimate of drug-likeness (QED) is 0.274. The number of nitro benzene ring substituents is 1. The fourth-order valence-electron chi connectivity index (χ4n) is 1.17. The second kappa shape index (κ2) is 5.44. The van der Waals surface area contributed by atoms with Gasteiger partial charge in [0.1, 0.15) is 5.75 Å². The molecule has 16 heavy (non-hydrogen) atoms. The van der Waals surface area contributed by atoms with Crippen LogP contribution in [0.2, 0.25) is 0 Å². The van der Waals surface area contributed by atoms with E-state index in [1.807, 2.05) is 22.6 Å². The van der Waals surface area contributed by atoms with Crippen molar-refractivity contribution in [2.24, 2.45) is 0 Å². The van der Waals surface area contributed by atoms with Crippen molar-refractivity contribution in [3.8, 4) is 5.75 Å². The van der Waals surface area contributed by atoms with Crippen LogP contribution in [0.1, 0.15) is 10.4 Å². The largest absolute Gasteiger partial charge is 0.496 e. The van der Waals surface area contributed by atoms with Gasteiger partial charge in [-0.1, -0.05) is 0 Å². The van der Waals surface area contributed by atoms with Gasteiger partial charge in [-0.3, -0.25) is 14.9 Å². The first-order valence-corrected chi connectivity index (χ1v) is 5.73. The summed E-state index contributed by atoms with van der Waals surface area (Å²) in [6, 6.07) is 2.52. The summed E-state index contributed by atoms with van der Waals surface area (Å²) in [6.45, 7) is 0. The highest BCUT2D eigenvalue weighted by Gasteiger charge is 2.20. The van der Waals surface area contributed by atoms with Crippen molar-refractivity contribution >= 4 is 45.7 Å². The van der Waals surface area contributed by atoms with E-state index in [4.69, 9.17) is 16.3 Å². The number of ketones is 1. The van der Waals surface area contributed by atoms with Gasteiger partial charge in [0.2, 0.25) is 0 Å². The molecule has 0 atom stereocenters. The number of non-ortho nitro benzene ring substituents is 1. The minimum absolute atomic E-state index is 0.118. The van der Waals surface area contributed by atoms with Crippen LogP contribution < -0.4 is 4.74 Å². The maximum Gasteiger partial charge on any atom is 0.274 e. The van der Waals surface area contributed by atoms with Gasteiger partial charge >= 0.3 is 0 Å². The Labute approximate surface area is 110 Å². The molecule has 0 fully saturated rings. The lowest BCUT2D eigenvalue weighted by Gasteiger charge is -2.08. The predicted molar refractivity (Wildman–Crippen MR) is 67.4 cm³/mol. The first-order chi connectivity index (χ1) is 7.51. The molecular formula is C9H7ClINO4. The monoisotopic (exact) mass is 355 g/mol. The summed E-state index contributed by atoms with van der Waals surface area (Å²) in [5.74, 6) is -0.341. The number of halogens is 2. The fourth-order valence-corrected chi connectivity index (χ4v) is 2.19. The van der Waals surface area contributed by atoms with E-state index in [-0.39, 0.29) is 28.7 Å². The van der Waals surface area contributed by atoms with Crippen molar-refractivity contribution in [3.05, 3.63) is 31.4 Å². The first kappa shape index (κ1) is 13.2. The summed E-state index contributed by atoms with van der Waals surface area (Å²) in [6.07, 6.45) is 0. The molecule has 0 N–H and O–H groups in total. The number of hydrogen-bond donors (Lipinski definition) is 0. The van der Waals surface area contributed by atoms with Crippen molar-refractivity contribution in [3.63, 3.8) is 0 Å². The maximum absolute atomic E-state index is 11.5. The van der Waals surface area contributed by atoms with Crippen molar-refractivity contribution in [2.75, 3.05) is 13.0 Å². The standard InChI is InChI=1S/C9H7ClINO4/c1-16-8-3-5(12(14)15)2-6(11)9(8)7(13)4-10/h2-3H,4H2,1H3. The lowest BCUT2D eigenvalue weighted by molar-refractivity contribution is -0.385. The number of benzene rings is 1. The van der Waals surface area contributed by atoms with Gasteiger partial charge in [-0.05, 0) is 22.6 Å². The summed E-state index contributed by atoms with van der Waals surface area (Å²) < 4.78 is 5.40. The van der Waals surface area contributed by atoms with E-state index in [0.717, 1.165) is 0 Å². The van der Waals surface area contributed by atoms with Gasteiger partial charge in [-0.15, -0.1) is 11.6 Å². The number of ether oxygens (including phenoxy) is 1. The molecule has 0 aromatic heterocycles. The summed E-state index contributed by atoms with van der Waals surface area (Å²) in [5.41, 5.74) is 0.163. The third-order valence-corrected chi connectivity index (χ3v) is 2.96. The van der Waals surface area contributed by atoms with Gasteiger partial charge in [0.15, 0.2) is 5.78 Å².